The Morgan fingerprint density at radius 1 is 1.50 bits per heavy atom. The number of hydrogen-bond acceptors (Lipinski definition) is 3. The molecule has 2 aliphatic heterocycles. The predicted octanol–water partition coefficient (Wildman–Crippen LogP) is -0.220. The number of ether oxygens (including phenoxy) is 1. The molecule has 1 amide bonds. The third-order valence-corrected chi connectivity index (χ3v) is 1.88. The van der Waals surface area contributed by atoms with Crippen molar-refractivity contribution in [3.8, 4) is 0 Å². The average molecular weight is 141 g/mol. The van der Waals surface area contributed by atoms with Gasteiger partial charge in [0.2, 0.25) is 0 Å². The summed E-state index contributed by atoms with van der Waals surface area (Å²) in [4.78, 5) is 23.0. The van der Waals surface area contributed by atoms with Crippen LogP contribution in [0.15, 0.2) is 0 Å². The van der Waals surface area contributed by atoms with Gasteiger partial charge < -0.3 is 4.74 Å². The maximum Gasteiger partial charge on any atom is 0.410 e. The Kier molecular flexibility index (Phi) is 0.977. The lowest BCUT2D eigenvalue weighted by Gasteiger charge is -2.06. The lowest BCUT2D eigenvalue weighted by atomic mass is 10.2. The summed E-state index contributed by atoms with van der Waals surface area (Å²) in [6.45, 7) is 0.647. The molecular weight excluding hydrogens is 134 g/mol. The van der Waals surface area contributed by atoms with Crippen LogP contribution >= 0.6 is 0 Å². The van der Waals surface area contributed by atoms with E-state index in [1.165, 1.54) is 4.90 Å². The molecule has 0 aromatic heterocycles. The molecule has 0 bridgehead atoms. The number of fused-ring (bicyclic) bond motifs is 1. The topological polar surface area (TPSA) is 46.6 Å². The van der Waals surface area contributed by atoms with E-state index in [1.807, 2.05) is 0 Å². The smallest absolute Gasteiger partial charge is 0.410 e. The van der Waals surface area contributed by atoms with Crippen molar-refractivity contribution in [3.05, 3.63) is 0 Å². The molecule has 4 nitrogen and oxygen atoms in total. The summed E-state index contributed by atoms with van der Waals surface area (Å²) in [6, 6.07) is 0.0417. The number of Topliss-reactive ketones (excluding diaryl/α,β-unsaturated/α-hetero) is 1. The lowest BCUT2D eigenvalue weighted by Crippen LogP contribution is -2.27. The molecule has 0 radical (unpaired) electrons. The second-order valence-corrected chi connectivity index (χ2v) is 2.60. The minimum atomic E-state index is -0.337. The van der Waals surface area contributed by atoms with Gasteiger partial charge in [0, 0.05) is 6.42 Å². The maximum atomic E-state index is 10.8. The Hall–Kier alpha value is -1.06. The molecule has 2 fully saturated rings. The minimum Gasteiger partial charge on any atom is -0.447 e. The van der Waals surface area contributed by atoms with Gasteiger partial charge in [-0.25, -0.2) is 4.79 Å². The van der Waals surface area contributed by atoms with Crippen molar-refractivity contribution in [2.24, 2.45) is 0 Å². The van der Waals surface area contributed by atoms with Crippen molar-refractivity contribution >= 4 is 11.9 Å². The Balaban J connectivity index is 2.19. The summed E-state index contributed by atoms with van der Waals surface area (Å²) in [6.07, 6.45) is 0.141. The normalized spacial score (nSPS) is 30.8. The van der Waals surface area contributed by atoms with Crippen LogP contribution < -0.4 is 0 Å². The minimum absolute atomic E-state index is 0.0417. The van der Waals surface area contributed by atoms with Crippen LogP contribution in [-0.2, 0) is 9.53 Å². The van der Waals surface area contributed by atoms with Crippen LogP contribution in [0, 0.1) is 0 Å². The van der Waals surface area contributed by atoms with Gasteiger partial charge in [-0.1, -0.05) is 0 Å². The van der Waals surface area contributed by atoms with E-state index in [0.29, 0.717) is 13.0 Å². The van der Waals surface area contributed by atoms with E-state index >= 15 is 0 Å². The van der Waals surface area contributed by atoms with Gasteiger partial charge in [0.1, 0.15) is 6.61 Å². The fourth-order valence-corrected chi connectivity index (χ4v) is 1.37. The third kappa shape index (κ3) is 0.616. The van der Waals surface area contributed by atoms with Crippen LogP contribution in [0.4, 0.5) is 4.79 Å². The number of cyclic esters (lactones) is 1. The Morgan fingerprint density at radius 3 is 3.00 bits per heavy atom. The number of nitrogens with zero attached hydrogens (tertiary/aromatic N) is 1. The molecule has 0 aromatic carbocycles. The lowest BCUT2D eigenvalue weighted by molar-refractivity contribution is -0.117. The largest absolute Gasteiger partial charge is 0.447 e. The second-order valence-electron chi connectivity index (χ2n) is 2.60. The van der Waals surface area contributed by atoms with E-state index in [9.17, 15) is 9.59 Å². The van der Waals surface area contributed by atoms with Gasteiger partial charge in [0.15, 0.2) is 5.78 Å². The summed E-state index contributed by atoms with van der Waals surface area (Å²) < 4.78 is 4.70. The summed E-state index contributed by atoms with van der Waals surface area (Å²) in [5.41, 5.74) is 0. The third-order valence-electron chi connectivity index (χ3n) is 1.88. The molecule has 10 heavy (non-hydrogen) atoms. The molecule has 0 unspecified atom stereocenters. The zero-order valence-corrected chi connectivity index (χ0v) is 5.37. The summed E-state index contributed by atoms with van der Waals surface area (Å²) >= 11 is 0. The van der Waals surface area contributed by atoms with E-state index < -0.39 is 0 Å². The Labute approximate surface area is 57.7 Å². The number of amides is 1. The molecule has 2 saturated heterocycles. The van der Waals surface area contributed by atoms with Crippen molar-refractivity contribution in [3.63, 3.8) is 0 Å². The summed E-state index contributed by atoms with van der Waals surface area (Å²) in [7, 11) is 0. The monoisotopic (exact) mass is 141 g/mol. The fourth-order valence-electron chi connectivity index (χ4n) is 1.37. The Morgan fingerprint density at radius 2 is 2.30 bits per heavy atom. The SMILES string of the molecule is O=C1C[C@H]2COC(=O)N2C1. The predicted molar refractivity (Wildman–Crippen MR) is 31.5 cm³/mol. The van der Waals surface area contributed by atoms with E-state index in [0.717, 1.165) is 0 Å². The van der Waals surface area contributed by atoms with Crippen LogP contribution in [0.2, 0.25) is 0 Å². The first-order valence-corrected chi connectivity index (χ1v) is 3.22. The molecular formula is C6H7NO3. The molecule has 1 atom stereocenters. The van der Waals surface area contributed by atoms with Gasteiger partial charge in [0.05, 0.1) is 12.6 Å². The maximum absolute atomic E-state index is 10.8. The van der Waals surface area contributed by atoms with Crippen LogP contribution in [-0.4, -0.2) is 36.0 Å². The van der Waals surface area contributed by atoms with Gasteiger partial charge in [0.25, 0.3) is 0 Å². The van der Waals surface area contributed by atoms with Crippen molar-refractivity contribution < 1.29 is 14.3 Å². The van der Waals surface area contributed by atoms with E-state index in [4.69, 9.17) is 4.74 Å². The highest BCUT2D eigenvalue weighted by Crippen LogP contribution is 2.21. The first-order chi connectivity index (χ1) is 4.77. The highest BCUT2D eigenvalue weighted by molar-refractivity contribution is 5.89. The molecule has 2 heterocycles. The quantitative estimate of drug-likeness (QED) is 0.468. The van der Waals surface area contributed by atoms with Crippen molar-refractivity contribution in [1.82, 2.24) is 4.90 Å². The Bertz CT molecular complexity index is 201. The first kappa shape index (κ1) is 5.70. The number of ketones is 1. The molecule has 2 rings (SSSR count). The van der Waals surface area contributed by atoms with Crippen molar-refractivity contribution in [1.29, 1.82) is 0 Å². The zero-order chi connectivity index (χ0) is 7.14. The fraction of sp³-hybridized carbons (Fsp3) is 0.667. The number of carbonyl (C=O) groups excluding carboxylic acids is 2. The van der Waals surface area contributed by atoms with E-state index in [-0.39, 0.29) is 24.5 Å². The summed E-state index contributed by atoms with van der Waals surface area (Å²) in [5.74, 6) is 0.140. The van der Waals surface area contributed by atoms with Gasteiger partial charge in [-0.15, -0.1) is 0 Å². The zero-order valence-electron chi connectivity index (χ0n) is 5.37. The van der Waals surface area contributed by atoms with Crippen molar-refractivity contribution in [2.45, 2.75) is 12.5 Å². The molecule has 0 saturated carbocycles. The van der Waals surface area contributed by atoms with E-state index in [1.54, 1.807) is 0 Å². The molecule has 4 heteroatoms. The van der Waals surface area contributed by atoms with Crippen LogP contribution in [0.1, 0.15) is 6.42 Å². The standard InChI is InChI=1S/C6H7NO3/c8-5-1-4-3-10-6(9)7(4)2-5/h4H,1-3H2/t4-/m0/s1. The molecule has 0 aromatic rings. The van der Waals surface area contributed by atoms with Gasteiger partial charge in [-0.3, -0.25) is 9.69 Å². The molecule has 0 spiro atoms. The van der Waals surface area contributed by atoms with Gasteiger partial charge in [-0.2, -0.15) is 0 Å². The molecule has 2 aliphatic rings. The molecule has 0 N–H and O–H groups in total. The van der Waals surface area contributed by atoms with Crippen LogP contribution in [0.5, 0.6) is 0 Å². The van der Waals surface area contributed by atoms with Crippen LogP contribution in [0.3, 0.4) is 0 Å². The number of rotatable bonds is 0. The summed E-state index contributed by atoms with van der Waals surface area (Å²) in [5, 5.41) is 0. The van der Waals surface area contributed by atoms with Crippen LogP contribution in [0.25, 0.3) is 0 Å². The average Bonchev–Trinajstić information content (AvgIpc) is 2.35. The molecule has 0 aliphatic carbocycles. The van der Waals surface area contributed by atoms with Gasteiger partial charge >= 0.3 is 6.09 Å². The van der Waals surface area contributed by atoms with Crippen molar-refractivity contribution in [2.75, 3.05) is 13.2 Å². The second kappa shape index (κ2) is 1.71. The first-order valence-electron chi connectivity index (χ1n) is 3.22. The number of hydrogen-bond donors (Lipinski definition) is 0. The highest BCUT2D eigenvalue weighted by Gasteiger charge is 2.40. The highest BCUT2D eigenvalue weighted by atomic mass is 16.6. The number of carbonyl (C=O) groups is 2. The van der Waals surface area contributed by atoms with Gasteiger partial charge in [-0.05, 0) is 0 Å². The molecule has 54 valence electrons. The van der Waals surface area contributed by atoms with E-state index in [2.05, 4.69) is 0 Å².